The number of urea groups is 1. The minimum absolute atomic E-state index is 0.0144. The number of aromatic amines is 1. The number of halogens is 2. The van der Waals surface area contributed by atoms with Crippen molar-refractivity contribution >= 4 is 23.3 Å². The Balaban J connectivity index is 1.15. The molecule has 2 heterocycles. The highest BCUT2D eigenvalue weighted by molar-refractivity contribution is 6.31. The van der Waals surface area contributed by atoms with Crippen LogP contribution in [0.15, 0.2) is 54.9 Å². The Bertz CT molecular complexity index is 1280. The van der Waals surface area contributed by atoms with Crippen molar-refractivity contribution in [2.45, 2.75) is 56.4 Å². The lowest BCUT2D eigenvalue weighted by molar-refractivity contribution is 0.156. The van der Waals surface area contributed by atoms with Gasteiger partial charge in [-0.15, -0.1) is 0 Å². The van der Waals surface area contributed by atoms with E-state index < -0.39 is 5.82 Å². The molecule has 1 unspecified atom stereocenters. The van der Waals surface area contributed by atoms with Gasteiger partial charge in [-0.05, 0) is 106 Å². The van der Waals surface area contributed by atoms with Crippen LogP contribution >= 0.6 is 11.6 Å². The van der Waals surface area contributed by atoms with Gasteiger partial charge in [-0.2, -0.15) is 0 Å². The van der Waals surface area contributed by atoms with Crippen LogP contribution < -0.4 is 5.32 Å². The van der Waals surface area contributed by atoms with E-state index in [1.165, 1.54) is 37.0 Å². The van der Waals surface area contributed by atoms with Gasteiger partial charge in [0.15, 0.2) is 0 Å². The second kappa shape index (κ2) is 10.7. The molecular formula is C30H35ClFN5O. The molecular weight excluding hydrogens is 501 g/mol. The SMILES string of the molecule is O=C(Nc1ccc(F)c(Cl)c1)N(CCCN1CCCC1)[C@H]1CC[C@@]2(c3cccc(-c4ncc[nH]4)c3)CC2C1. The smallest absolute Gasteiger partial charge is 0.322 e. The number of H-pyrrole nitrogens is 1. The molecule has 6 nitrogen and oxygen atoms in total. The summed E-state index contributed by atoms with van der Waals surface area (Å²) >= 11 is 5.97. The van der Waals surface area contributed by atoms with E-state index >= 15 is 0 Å². The molecule has 1 aliphatic heterocycles. The summed E-state index contributed by atoms with van der Waals surface area (Å²) < 4.78 is 13.7. The number of carbonyl (C=O) groups excluding carboxylic acids is 1. The van der Waals surface area contributed by atoms with Crippen LogP contribution in [-0.2, 0) is 5.41 Å². The summed E-state index contributed by atoms with van der Waals surface area (Å²) in [5.41, 5.74) is 3.25. The maximum absolute atomic E-state index is 13.7. The number of likely N-dealkylation sites (tertiary alicyclic amines) is 1. The van der Waals surface area contributed by atoms with Gasteiger partial charge < -0.3 is 20.1 Å². The molecule has 1 saturated heterocycles. The summed E-state index contributed by atoms with van der Waals surface area (Å²) in [6.07, 6.45) is 11.4. The summed E-state index contributed by atoms with van der Waals surface area (Å²) in [6, 6.07) is 13.2. The van der Waals surface area contributed by atoms with Crippen molar-refractivity contribution in [1.29, 1.82) is 0 Å². The van der Waals surface area contributed by atoms with Gasteiger partial charge >= 0.3 is 6.03 Å². The van der Waals surface area contributed by atoms with E-state index in [-0.39, 0.29) is 22.5 Å². The first-order valence-electron chi connectivity index (χ1n) is 13.9. The fourth-order valence-electron chi connectivity index (χ4n) is 6.74. The van der Waals surface area contributed by atoms with E-state index in [9.17, 15) is 9.18 Å². The number of fused-ring (bicyclic) bond motifs is 1. The summed E-state index contributed by atoms with van der Waals surface area (Å²) in [5.74, 6) is 0.985. The molecule has 2 amide bonds. The van der Waals surface area contributed by atoms with Crippen molar-refractivity contribution in [2.24, 2.45) is 5.92 Å². The van der Waals surface area contributed by atoms with E-state index in [0.29, 0.717) is 11.6 Å². The van der Waals surface area contributed by atoms with Crippen LogP contribution in [0.2, 0.25) is 5.02 Å². The Kier molecular flexibility index (Phi) is 7.14. The van der Waals surface area contributed by atoms with Crippen molar-refractivity contribution in [3.8, 4) is 11.4 Å². The summed E-state index contributed by atoms with van der Waals surface area (Å²) in [7, 11) is 0. The molecule has 2 aromatic carbocycles. The number of nitrogens with zero attached hydrogens (tertiary/aromatic N) is 3. The third-order valence-electron chi connectivity index (χ3n) is 8.87. The van der Waals surface area contributed by atoms with E-state index in [2.05, 4.69) is 44.5 Å². The first-order valence-corrected chi connectivity index (χ1v) is 14.2. The number of amides is 2. The Morgan fingerprint density at radius 2 is 2.11 bits per heavy atom. The first-order chi connectivity index (χ1) is 18.5. The molecule has 3 fully saturated rings. The Hall–Kier alpha value is -2.90. The van der Waals surface area contributed by atoms with Crippen LogP contribution in [0.4, 0.5) is 14.9 Å². The molecule has 0 radical (unpaired) electrons. The highest BCUT2D eigenvalue weighted by atomic mass is 35.5. The second-order valence-corrected chi connectivity index (χ2v) is 11.6. The van der Waals surface area contributed by atoms with Crippen LogP contribution in [0, 0.1) is 11.7 Å². The number of rotatable bonds is 8. The van der Waals surface area contributed by atoms with Gasteiger partial charge in [0.05, 0.1) is 5.02 Å². The quantitative estimate of drug-likeness (QED) is 0.337. The van der Waals surface area contributed by atoms with E-state index in [1.54, 1.807) is 12.3 Å². The minimum atomic E-state index is -0.486. The second-order valence-electron chi connectivity index (χ2n) is 11.2. The third kappa shape index (κ3) is 5.19. The molecule has 1 aromatic heterocycles. The molecule has 0 bridgehead atoms. The van der Waals surface area contributed by atoms with Gasteiger partial charge in [-0.25, -0.2) is 14.2 Å². The Morgan fingerprint density at radius 3 is 2.87 bits per heavy atom. The maximum atomic E-state index is 13.7. The number of nitrogens with one attached hydrogen (secondary N) is 2. The average Bonchev–Trinajstić information content (AvgIpc) is 3.26. The van der Waals surface area contributed by atoms with E-state index in [1.807, 2.05) is 11.1 Å². The lowest BCUT2D eigenvalue weighted by atomic mass is 9.80. The number of aromatic nitrogens is 2. The third-order valence-corrected chi connectivity index (χ3v) is 9.16. The first kappa shape index (κ1) is 25.4. The molecule has 2 N–H and O–H groups in total. The van der Waals surface area contributed by atoms with Crippen LogP contribution in [0.3, 0.4) is 0 Å². The molecule has 0 spiro atoms. The standard InChI is InChI=1S/C30H35ClFN5O/c31-26-19-24(7-8-27(26)32)35-29(38)37(16-4-15-36-13-1-2-14-36)25-9-10-30(20-23(30)18-25)22-6-3-5-21(17-22)28-33-11-12-34-28/h3,5-8,11-12,17,19,23,25H,1-2,4,9-10,13-16,18,20H2,(H,33,34)(H,35,38)/t23?,25-,30-/m0/s1. The highest BCUT2D eigenvalue weighted by Gasteiger charge is 2.58. The van der Waals surface area contributed by atoms with Crippen LogP contribution in [0.5, 0.6) is 0 Å². The number of hydrogen-bond acceptors (Lipinski definition) is 3. The summed E-state index contributed by atoms with van der Waals surface area (Å²) in [6.45, 7) is 4.05. The van der Waals surface area contributed by atoms with Crippen molar-refractivity contribution < 1.29 is 9.18 Å². The molecule has 8 heteroatoms. The van der Waals surface area contributed by atoms with Gasteiger partial charge in [0.1, 0.15) is 11.6 Å². The van der Waals surface area contributed by atoms with Crippen molar-refractivity contribution in [3.63, 3.8) is 0 Å². The minimum Gasteiger partial charge on any atom is -0.345 e. The number of hydrogen-bond donors (Lipinski definition) is 2. The highest BCUT2D eigenvalue weighted by Crippen LogP contribution is 2.63. The van der Waals surface area contributed by atoms with Crippen LogP contribution in [0.25, 0.3) is 11.4 Å². The zero-order valence-corrected chi connectivity index (χ0v) is 22.4. The molecule has 3 atom stereocenters. The molecule has 2 aliphatic carbocycles. The predicted octanol–water partition coefficient (Wildman–Crippen LogP) is 6.70. The molecule has 6 rings (SSSR count). The average molecular weight is 536 g/mol. The largest absolute Gasteiger partial charge is 0.345 e. The molecule has 2 saturated carbocycles. The number of anilines is 1. The van der Waals surface area contributed by atoms with Crippen LogP contribution in [-0.4, -0.2) is 58.0 Å². The van der Waals surface area contributed by atoms with E-state index in [0.717, 1.165) is 63.3 Å². The number of benzene rings is 2. The van der Waals surface area contributed by atoms with Gasteiger partial charge in [0, 0.05) is 36.2 Å². The lowest BCUT2D eigenvalue weighted by Crippen LogP contribution is -2.46. The monoisotopic (exact) mass is 535 g/mol. The fourth-order valence-corrected chi connectivity index (χ4v) is 6.92. The zero-order chi connectivity index (χ0) is 26.1. The predicted molar refractivity (Wildman–Crippen MR) is 149 cm³/mol. The fraction of sp³-hybridized carbons (Fsp3) is 0.467. The molecule has 38 heavy (non-hydrogen) atoms. The molecule has 3 aromatic rings. The van der Waals surface area contributed by atoms with Gasteiger partial charge in [-0.3, -0.25) is 0 Å². The van der Waals surface area contributed by atoms with Crippen molar-refractivity contribution in [3.05, 3.63) is 71.3 Å². The summed E-state index contributed by atoms with van der Waals surface area (Å²) in [5, 5.41) is 3.00. The maximum Gasteiger partial charge on any atom is 0.322 e. The Morgan fingerprint density at radius 1 is 1.24 bits per heavy atom. The van der Waals surface area contributed by atoms with Crippen molar-refractivity contribution in [1.82, 2.24) is 19.8 Å². The van der Waals surface area contributed by atoms with Crippen molar-refractivity contribution in [2.75, 3.05) is 31.5 Å². The lowest BCUT2D eigenvalue weighted by Gasteiger charge is -2.37. The van der Waals surface area contributed by atoms with Gasteiger partial charge in [-0.1, -0.05) is 29.8 Å². The van der Waals surface area contributed by atoms with Crippen LogP contribution in [0.1, 0.15) is 50.5 Å². The zero-order valence-electron chi connectivity index (χ0n) is 21.6. The topological polar surface area (TPSA) is 64.3 Å². The summed E-state index contributed by atoms with van der Waals surface area (Å²) in [4.78, 5) is 25.7. The normalized spacial score (nSPS) is 24.7. The molecule has 200 valence electrons. The molecule has 3 aliphatic rings. The Labute approximate surface area is 228 Å². The van der Waals surface area contributed by atoms with Gasteiger partial charge in [0.2, 0.25) is 0 Å². The number of carbonyl (C=O) groups is 1. The number of imidazole rings is 1. The van der Waals surface area contributed by atoms with Gasteiger partial charge in [0.25, 0.3) is 0 Å². The van der Waals surface area contributed by atoms with E-state index in [4.69, 9.17) is 11.6 Å².